The standard InChI is InChI=1S/C12H15N3O3S/c1-3-15-7-12(13-8-15)19(17,18)14-10-5-4-9(2)6-11(10)16/h4-8,14,16H,3H2,1-2H3. The Labute approximate surface area is 111 Å². The number of hydrogen-bond acceptors (Lipinski definition) is 4. The number of phenolic OH excluding ortho intramolecular Hbond substituents is 1. The SMILES string of the molecule is CCn1cnc(S(=O)(=O)Nc2ccc(C)cc2O)c1. The summed E-state index contributed by atoms with van der Waals surface area (Å²) < 4.78 is 28.1. The van der Waals surface area contributed by atoms with Crippen LogP contribution in [0.1, 0.15) is 12.5 Å². The van der Waals surface area contributed by atoms with Gasteiger partial charge in [0.15, 0.2) is 5.03 Å². The minimum atomic E-state index is -3.78. The molecule has 1 aromatic heterocycles. The van der Waals surface area contributed by atoms with E-state index in [4.69, 9.17) is 0 Å². The van der Waals surface area contributed by atoms with Gasteiger partial charge in [0.2, 0.25) is 0 Å². The molecule has 0 aliphatic rings. The van der Waals surface area contributed by atoms with Crippen molar-refractivity contribution in [2.75, 3.05) is 4.72 Å². The van der Waals surface area contributed by atoms with Gasteiger partial charge in [0.05, 0.1) is 12.0 Å². The zero-order valence-electron chi connectivity index (χ0n) is 10.7. The van der Waals surface area contributed by atoms with E-state index in [1.54, 1.807) is 17.6 Å². The van der Waals surface area contributed by atoms with Crippen molar-refractivity contribution < 1.29 is 13.5 Å². The molecule has 0 aliphatic carbocycles. The fourth-order valence-corrected chi connectivity index (χ4v) is 2.60. The number of hydrogen-bond donors (Lipinski definition) is 2. The maximum Gasteiger partial charge on any atom is 0.281 e. The van der Waals surface area contributed by atoms with Crippen LogP contribution in [0, 0.1) is 6.92 Å². The van der Waals surface area contributed by atoms with Crippen LogP contribution >= 0.6 is 0 Å². The number of aromatic hydroxyl groups is 1. The first-order valence-electron chi connectivity index (χ1n) is 5.76. The van der Waals surface area contributed by atoms with E-state index in [-0.39, 0.29) is 16.5 Å². The highest BCUT2D eigenvalue weighted by Gasteiger charge is 2.18. The molecule has 19 heavy (non-hydrogen) atoms. The fourth-order valence-electron chi connectivity index (χ4n) is 1.58. The lowest BCUT2D eigenvalue weighted by Gasteiger charge is -2.08. The van der Waals surface area contributed by atoms with Crippen molar-refractivity contribution >= 4 is 15.7 Å². The highest BCUT2D eigenvalue weighted by molar-refractivity contribution is 7.92. The second kappa shape index (κ2) is 4.93. The van der Waals surface area contributed by atoms with Crippen LogP contribution in [0.2, 0.25) is 0 Å². The Morgan fingerprint density at radius 3 is 2.74 bits per heavy atom. The van der Waals surface area contributed by atoms with Gasteiger partial charge in [-0.15, -0.1) is 0 Å². The second-order valence-electron chi connectivity index (χ2n) is 4.17. The van der Waals surface area contributed by atoms with Crippen LogP contribution in [0.5, 0.6) is 5.75 Å². The van der Waals surface area contributed by atoms with Gasteiger partial charge in [-0.1, -0.05) is 6.07 Å². The third-order valence-electron chi connectivity index (χ3n) is 2.65. The molecule has 7 heteroatoms. The Morgan fingerprint density at radius 1 is 1.42 bits per heavy atom. The molecule has 0 spiro atoms. The van der Waals surface area contributed by atoms with Crippen molar-refractivity contribution in [3.63, 3.8) is 0 Å². The Bertz CT molecular complexity index is 692. The number of phenols is 1. The largest absolute Gasteiger partial charge is 0.506 e. The number of anilines is 1. The molecule has 0 radical (unpaired) electrons. The number of aromatic nitrogens is 2. The molecule has 1 heterocycles. The van der Waals surface area contributed by atoms with E-state index in [1.807, 2.05) is 6.92 Å². The molecule has 0 unspecified atom stereocenters. The maximum absolute atomic E-state index is 12.1. The molecule has 0 bridgehead atoms. The quantitative estimate of drug-likeness (QED) is 0.836. The van der Waals surface area contributed by atoms with E-state index in [2.05, 4.69) is 9.71 Å². The molecule has 0 saturated heterocycles. The monoisotopic (exact) mass is 281 g/mol. The molecule has 0 atom stereocenters. The van der Waals surface area contributed by atoms with Gasteiger partial charge >= 0.3 is 0 Å². The van der Waals surface area contributed by atoms with Gasteiger partial charge in [-0.25, -0.2) is 4.98 Å². The molecular formula is C12H15N3O3S. The van der Waals surface area contributed by atoms with E-state index in [1.165, 1.54) is 24.7 Å². The van der Waals surface area contributed by atoms with Crippen LogP contribution in [0.25, 0.3) is 0 Å². The fraction of sp³-hybridized carbons (Fsp3) is 0.250. The molecule has 6 nitrogen and oxygen atoms in total. The molecule has 2 aromatic rings. The molecule has 2 rings (SSSR count). The summed E-state index contributed by atoms with van der Waals surface area (Å²) in [7, 11) is -3.78. The van der Waals surface area contributed by atoms with Gasteiger partial charge in [-0.05, 0) is 31.5 Å². The summed E-state index contributed by atoms with van der Waals surface area (Å²) in [5.74, 6) is -0.113. The third kappa shape index (κ3) is 2.87. The van der Waals surface area contributed by atoms with Gasteiger partial charge in [0, 0.05) is 12.7 Å². The number of sulfonamides is 1. The predicted molar refractivity (Wildman–Crippen MR) is 71.6 cm³/mol. The van der Waals surface area contributed by atoms with Crippen LogP contribution in [-0.4, -0.2) is 23.1 Å². The highest BCUT2D eigenvalue weighted by atomic mass is 32.2. The van der Waals surface area contributed by atoms with Gasteiger partial charge in [0.25, 0.3) is 10.0 Å². The summed E-state index contributed by atoms with van der Waals surface area (Å²) in [6, 6.07) is 4.71. The zero-order chi connectivity index (χ0) is 14.0. The summed E-state index contributed by atoms with van der Waals surface area (Å²) >= 11 is 0. The smallest absolute Gasteiger partial charge is 0.281 e. The number of imidazole rings is 1. The van der Waals surface area contributed by atoms with Crippen molar-refractivity contribution in [1.82, 2.24) is 9.55 Å². The van der Waals surface area contributed by atoms with Crippen LogP contribution in [0.3, 0.4) is 0 Å². The van der Waals surface area contributed by atoms with E-state index >= 15 is 0 Å². The van der Waals surface area contributed by atoms with Crippen LogP contribution < -0.4 is 4.72 Å². The summed E-state index contributed by atoms with van der Waals surface area (Å²) in [6.45, 7) is 4.33. The Balaban J connectivity index is 2.30. The molecule has 2 N–H and O–H groups in total. The van der Waals surface area contributed by atoms with Gasteiger partial charge < -0.3 is 9.67 Å². The predicted octanol–water partition coefficient (Wildman–Crippen LogP) is 1.72. The summed E-state index contributed by atoms with van der Waals surface area (Å²) in [5, 5.41) is 9.63. The lowest BCUT2D eigenvalue weighted by Crippen LogP contribution is -2.13. The van der Waals surface area contributed by atoms with Crippen molar-refractivity contribution in [1.29, 1.82) is 0 Å². The minimum absolute atomic E-state index is 0.0747. The zero-order valence-corrected chi connectivity index (χ0v) is 11.5. The van der Waals surface area contributed by atoms with Crippen molar-refractivity contribution in [2.24, 2.45) is 0 Å². The molecule has 0 fully saturated rings. The summed E-state index contributed by atoms with van der Waals surface area (Å²) in [5.41, 5.74) is 0.979. The molecular weight excluding hydrogens is 266 g/mol. The van der Waals surface area contributed by atoms with E-state index < -0.39 is 10.0 Å². The molecule has 102 valence electrons. The maximum atomic E-state index is 12.1. The van der Waals surface area contributed by atoms with Crippen LogP contribution in [0.15, 0.2) is 35.7 Å². The first-order valence-corrected chi connectivity index (χ1v) is 7.25. The van der Waals surface area contributed by atoms with Crippen LogP contribution in [-0.2, 0) is 16.6 Å². The normalized spacial score (nSPS) is 11.5. The topological polar surface area (TPSA) is 84.2 Å². The minimum Gasteiger partial charge on any atom is -0.506 e. The average molecular weight is 281 g/mol. The molecule has 0 aliphatic heterocycles. The summed E-state index contributed by atoms with van der Waals surface area (Å²) in [6.07, 6.45) is 2.89. The van der Waals surface area contributed by atoms with Crippen LogP contribution in [0.4, 0.5) is 5.69 Å². The number of benzene rings is 1. The van der Waals surface area contributed by atoms with Crippen molar-refractivity contribution in [3.05, 3.63) is 36.3 Å². The van der Waals surface area contributed by atoms with Crippen molar-refractivity contribution in [3.8, 4) is 5.75 Å². The van der Waals surface area contributed by atoms with Gasteiger partial charge in [-0.2, -0.15) is 8.42 Å². The Kier molecular flexibility index (Phi) is 3.48. The van der Waals surface area contributed by atoms with Crippen molar-refractivity contribution in [2.45, 2.75) is 25.4 Å². The second-order valence-corrected chi connectivity index (χ2v) is 5.80. The summed E-state index contributed by atoms with van der Waals surface area (Å²) in [4.78, 5) is 3.83. The molecule has 0 amide bonds. The van der Waals surface area contributed by atoms with E-state index in [0.29, 0.717) is 6.54 Å². The average Bonchev–Trinajstić information content (AvgIpc) is 2.82. The first kappa shape index (κ1) is 13.4. The third-order valence-corrected chi connectivity index (χ3v) is 3.90. The van der Waals surface area contributed by atoms with E-state index in [9.17, 15) is 13.5 Å². The number of nitrogens with one attached hydrogen (secondary N) is 1. The lowest BCUT2D eigenvalue weighted by atomic mass is 10.2. The highest BCUT2D eigenvalue weighted by Crippen LogP contribution is 2.26. The lowest BCUT2D eigenvalue weighted by molar-refractivity contribution is 0.477. The Morgan fingerprint density at radius 2 is 2.16 bits per heavy atom. The van der Waals surface area contributed by atoms with Gasteiger partial charge in [-0.3, -0.25) is 4.72 Å². The molecule has 1 aromatic carbocycles. The van der Waals surface area contributed by atoms with E-state index in [0.717, 1.165) is 5.56 Å². The number of rotatable bonds is 4. The molecule has 0 saturated carbocycles. The first-order chi connectivity index (χ1) is 8.92. The van der Waals surface area contributed by atoms with Gasteiger partial charge in [0.1, 0.15) is 5.75 Å². The number of aryl methyl sites for hydroxylation is 2. The number of nitrogens with zero attached hydrogens (tertiary/aromatic N) is 2. The Hall–Kier alpha value is -2.02.